The van der Waals surface area contributed by atoms with E-state index in [4.69, 9.17) is 4.74 Å². The number of esters is 1. The van der Waals surface area contributed by atoms with Crippen molar-refractivity contribution in [3.8, 4) is 0 Å². The largest absolute Gasteiger partial charge is 0.468 e. The number of nitrogens with one attached hydrogen (secondary N) is 1. The zero-order valence-corrected chi connectivity index (χ0v) is 12.8. The smallest absolute Gasteiger partial charge is 0.326 e. The molecule has 0 aromatic carbocycles. The van der Waals surface area contributed by atoms with Gasteiger partial charge >= 0.3 is 5.97 Å². The Labute approximate surface area is 116 Å². The number of rotatable bonds is 2. The zero-order valence-electron chi connectivity index (χ0n) is 12.8. The van der Waals surface area contributed by atoms with Gasteiger partial charge in [0.1, 0.15) is 5.54 Å². The standard InChI is InChI=1S/C15H28N2O2/c1-12-10-14(2,3)11-15(12,13(18)19-4)17-8-5-6-16-7-9-17/h12,16H,5-11H2,1-4H3. The van der Waals surface area contributed by atoms with Crippen molar-refractivity contribution in [2.24, 2.45) is 11.3 Å². The topological polar surface area (TPSA) is 41.6 Å². The zero-order chi connectivity index (χ0) is 14.1. The molecule has 1 aliphatic heterocycles. The molecule has 1 heterocycles. The Bertz CT molecular complexity index is 335. The highest BCUT2D eigenvalue weighted by Crippen LogP contribution is 2.51. The van der Waals surface area contributed by atoms with Crippen LogP contribution in [0.25, 0.3) is 0 Å². The van der Waals surface area contributed by atoms with Gasteiger partial charge in [-0.2, -0.15) is 0 Å². The van der Waals surface area contributed by atoms with E-state index in [9.17, 15) is 4.79 Å². The van der Waals surface area contributed by atoms with Gasteiger partial charge in [-0.05, 0) is 37.1 Å². The molecule has 0 amide bonds. The second-order valence-electron chi connectivity index (χ2n) is 6.95. The number of ether oxygens (including phenoxy) is 1. The van der Waals surface area contributed by atoms with E-state index in [1.54, 1.807) is 0 Å². The summed E-state index contributed by atoms with van der Waals surface area (Å²) < 4.78 is 5.19. The molecule has 0 bridgehead atoms. The molecule has 2 rings (SSSR count). The Morgan fingerprint density at radius 2 is 2.05 bits per heavy atom. The normalized spacial score (nSPS) is 35.9. The highest BCUT2D eigenvalue weighted by Gasteiger charge is 2.57. The number of carbonyl (C=O) groups excluding carboxylic acids is 1. The highest BCUT2D eigenvalue weighted by atomic mass is 16.5. The van der Waals surface area contributed by atoms with E-state index >= 15 is 0 Å². The minimum atomic E-state index is -0.412. The number of hydrogen-bond acceptors (Lipinski definition) is 4. The van der Waals surface area contributed by atoms with E-state index in [1.165, 1.54) is 7.11 Å². The molecule has 0 spiro atoms. The fourth-order valence-corrected chi connectivity index (χ4v) is 4.22. The first-order chi connectivity index (χ1) is 8.92. The predicted molar refractivity (Wildman–Crippen MR) is 76.0 cm³/mol. The molecule has 0 radical (unpaired) electrons. The van der Waals surface area contributed by atoms with E-state index in [1.807, 2.05) is 0 Å². The van der Waals surface area contributed by atoms with Crippen molar-refractivity contribution in [1.29, 1.82) is 0 Å². The number of methoxy groups -OCH3 is 1. The fraction of sp³-hybridized carbons (Fsp3) is 0.933. The SMILES string of the molecule is COC(=O)C1(N2CCCNCC2)CC(C)(C)CC1C. The molecular formula is C15H28N2O2. The van der Waals surface area contributed by atoms with Crippen LogP contribution < -0.4 is 5.32 Å². The summed E-state index contributed by atoms with van der Waals surface area (Å²) in [7, 11) is 1.53. The Morgan fingerprint density at radius 3 is 2.63 bits per heavy atom. The minimum absolute atomic E-state index is 0.0347. The van der Waals surface area contributed by atoms with Crippen molar-refractivity contribution < 1.29 is 9.53 Å². The van der Waals surface area contributed by atoms with E-state index < -0.39 is 5.54 Å². The van der Waals surface area contributed by atoms with E-state index in [2.05, 4.69) is 31.0 Å². The van der Waals surface area contributed by atoms with Crippen LogP contribution in [0.15, 0.2) is 0 Å². The van der Waals surface area contributed by atoms with Crippen molar-refractivity contribution in [2.75, 3.05) is 33.3 Å². The summed E-state index contributed by atoms with van der Waals surface area (Å²) in [5.41, 5.74) is -0.197. The molecule has 2 fully saturated rings. The maximum atomic E-state index is 12.6. The van der Waals surface area contributed by atoms with Crippen LogP contribution >= 0.6 is 0 Å². The number of nitrogens with zero attached hydrogens (tertiary/aromatic N) is 1. The second kappa shape index (κ2) is 5.41. The summed E-state index contributed by atoms with van der Waals surface area (Å²) in [5, 5.41) is 3.42. The van der Waals surface area contributed by atoms with Crippen molar-refractivity contribution in [2.45, 2.75) is 45.6 Å². The van der Waals surface area contributed by atoms with Gasteiger partial charge in [0.2, 0.25) is 0 Å². The summed E-state index contributed by atoms with van der Waals surface area (Å²) in [6, 6.07) is 0. The highest BCUT2D eigenvalue weighted by molar-refractivity contribution is 5.82. The monoisotopic (exact) mass is 268 g/mol. The van der Waals surface area contributed by atoms with Gasteiger partial charge in [-0.25, -0.2) is 0 Å². The lowest BCUT2D eigenvalue weighted by Crippen LogP contribution is -2.58. The summed E-state index contributed by atoms with van der Waals surface area (Å²) >= 11 is 0. The molecular weight excluding hydrogens is 240 g/mol. The lowest BCUT2D eigenvalue weighted by molar-refractivity contribution is -0.158. The summed E-state index contributed by atoms with van der Waals surface area (Å²) in [6.45, 7) is 10.7. The molecule has 4 heteroatoms. The third-order valence-electron chi connectivity index (χ3n) is 4.87. The lowest BCUT2D eigenvalue weighted by atomic mass is 9.84. The molecule has 1 N–H and O–H groups in total. The molecule has 1 saturated carbocycles. The molecule has 1 aliphatic carbocycles. The van der Waals surface area contributed by atoms with Gasteiger partial charge in [-0.3, -0.25) is 9.69 Å². The van der Waals surface area contributed by atoms with Crippen LogP contribution in [0.5, 0.6) is 0 Å². The molecule has 2 aliphatic rings. The molecule has 1 saturated heterocycles. The van der Waals surface area contributed by atoms with Crippen LogP contribution in [0.1, 0.15) is 40.0 Å². The minimum Gasteiger partial charge on any atom is -0.468 e. The van der Waals surface area contributed by atoms with Crippen LogP contribution in [0.4, 0.5) is 0 Å². The third-order valence-corrected chi connectivity index (χ3v) is 4.87. The second-order valence-corrected chi connectivity index (χ2v) is 6.95. The maximum absolute atomic E-state index is 12.6. The van der Waals surface area contributed by atoms with Crippen LogP contribution in [-0.2, 0) is 9.53 Å². The van der Waals surface area contributed by atoms with E-state index in [0.717, 1.165) is 45.4 Å². The lowest BCUT2D eigenvalue weighted by Gasteiger charge is -2.42. The molecule has 4 nitrogen and oxygen atoms in total. The Balaban J connectivity index is 2.32. The Kier molecular flexibility index (Phi) is 4.21. The fourth-order valence-electron chi connectivity index (χ4n) is 4.22. The maximum Gasteiger partial charge on any atom is 0.326 e. The van der Waals surface area contributed by atoms with Gasteiger partial charge < -0.3 is 10.1 Å². The van der Waals surface area contributed by atoms with Gasteiger partial charge in [0.25, 0.3) is 0 Å². The Morgan fingerprint density at radius 1 is 1.32 bits per heavy atom. The summed E-state index contributed by atoms with van der Waals surface area (Å²) in [6.07, 6.45) is 3.10. The van der Waals surface area contributed by atoms with Crippen LogP contribution in [0.2, 0.25) is 0 Å². The van der Waals surface area contributed by atoms with Gasteiger partial charge in [0, 0.05) is 19.6 Å². The van der Waals surface area contributed by atoms with Crippen LogP contribution in [0, 0.1) is 11.3 Å². The third kappa shape index (κ3) is 2.65. The average molecular weight is 268 g/mol. The van der Waals surface area contributed by atoms with Crippen molar-refractivity contribution in [1.82, 2.24) is 10.2 Å². The van der Waals surface area contributed by atoms with E-state index in [0.29, 0.717) is 5.92 Å². The number of carbonyl (C=O) groups is 1. The number of hydrogen-bond donors (Lipinski definition) is 1. The Hall–Kier alpha value is -0.610. The van der Waals surface area contributed by atoms with Gasteiger partial charge in [-0.1, -0.05) is 20.8 Å². The van der Waals surface area contributed by atoms with Crippen molar-refractivity contribution in [3.05, 3.63) is 0 Å². The first kappa shape index (κ1) is 14.8. The van der Waals surface area contributed by atoms with Crippen LogP contribution in [0.3, 0.4) is 0 Å². The first-order valence-electron chi connectivity index (χ1n) is 7.46. The molecule has 19 heavy (non-hydrogen) atoms. The van der Waals surface area contributed by atoms with Gasteiger partial charge in [0.05, 0.1) is 7.11 Å². The van der Waals surface area contributed by atoms with Gasteiger partial charge in [0.15, 0.2) is 0 Å². The van der Waals surface area contributed by atoms with Gasteiger partial charge in [-0.15, -0.1) is 0 Å². The summed E-state index contributed by atoms with van der Waals surface area (Å²) in [4.78, 5) is 14.9. The van der Waals surface area contributed by atoms with E-state index in [-0.39, 0.29) is 11.4 Å². The van der Waals surface area contributed by atoms with Crippen LogP contribution in [-0.4, -0.2) is 49.7 Å². The van der Waals surface area contributed by atoms with Crippen molar-refractivity contribution >= 4 is 5.97 Å². The first-order valence-corrected chi connectivity index (χ1v) is 7.46. The average Bonchev–Trinajstić information content (AvgIpc) is 2.56. The molecule has 2 unspecified atom stereocenters. The quantitative estimate of drug-likeness (QED) is 0.773. The molecule has 110 valence electrons. The molecule has 0 aromatic heterocycles. The molecule has 0 aromatic rings. The van der Waals surface area contributed by atoms with Crippen molar-refractivity contribution in [3.63, 3.8) is 0 Å². The molecule has 2 atom stereocenters. The predicted octanol–water partition coefficient (Wildman–Crippen LogP) is 1.65. The summed E-state index contributed by atoms with van der Waals surface area (Å²) in [5.74, 6) is 0.320.